The van der Waals surface area contributed by atoms with E-state index in [0.717, 1.165) is 19.4 Å². The normalized spacial score (nSPS) is 19.2. The molecule has 0 bridgehead atoms. The number of carbonyl (C=O) groups excluding carboxylic acids is 1. The molecule has 1 atom stereocenters. The molecule has 1 aliphatic heterocycles. The first-order valence-electron chi connectivity index (χ1n) is 6.55. The second-order valence-electron chi connectivity index (χ2n) is 4.80. The monoisotopic (exact) mass is 332 g/mol. The van der Waals surface area contributed by atoms with Crippen molar-refractivity contribution in [3.05, 3.63) is 28.8 Å². The molecule has 1 aliphatic rings. The van der Waals surface area contributed by atoms with Crippen LogP contribution in [0.4, 0.5) is 0 Å². The fourth-order valence-electron chi connectivity index (χ4n) is 2.19. The number of benzene rings is 1. The molecule has 1 fully saturated rings. The lowest BCUT2D eigenvalue weighted by Gasteiger charge is -2.23. The Morgan fingerprint density at radius 2 is 2.24 bits per heavy atom. The van der Waals surface area contributed by atoms with Gasteiger partial charge in [0.2, 0.25) is 10.0 Å². The first kappa shape index (κ1) is 16.2. The number of esters is 1. The summed E-state index contributed by atoms with van der Waals surface area (Å²) in [6.45, 7) is 1.46. The van der Waals surface area contributed by atoms with Gasteiger partial charge < -0.3 is 10.1 Å². The molecular formula is C13H17ClN2O4S. The van der Waals surface area contributed by atoms with Gasteiger partial charge in [0.05, 0.1) is 17.7 Å². The van der Waals surface area contributed by atoms with E-state index in [1.54, 1.807) is 0 Å². The first-order chi connectivity index (χ1) is 9.94. The minimum absolute atomic E-state index is 0.0684. The molecule has 1 saturated heterocycles. The highest BCUT2D eigenvalue weighted by Gasteiger charge is 2.24. The Balaban J connectivity index is 2.27. The molecule has 0 spiro atoms. The van der Waals surface area contributed by atoms with Gasteiger partial charge in [-0.3, -0.25) is 0 Å². The van der Waals surface area contributed by atoms with Crippen molar-refractivity contribution in [2.45, 2.75) is 23.8 Å². The van der Waals surface area contributed by atoms with Gasteiger partial charge >= 0.3 is 5.97 Å². The van der Waals surface area contributed by atoms with E-state index in [2.05, 4.69) is 14.8 Å². The third-order valence-corrected chi connectivity index (χ3v) is 5.26. The Bertz CT molecular complexity index is 627. The van der Waals surface area contributed by atoms with Crippen molar-refractivity contribution < 1.29 is 17.9 Å². The van der Waals surface area contributed by atoms with Crippen LogP contribution in [0.15, 0.2) is 23.1 Å². The molecule has 0 aromatic heterocycles. The van der Waals surface area contributed by atoms with Crippen LogP contribution in [0.25, 0.3) is 0 Å². The molecule has 1 aromatic carbocycles. The Morgan fingerprint density at radius 1 is 1.48 bits per heavy atom. The van der Waals surface area contributed by atoms with Gasteiger partial charge in [0.25, 0.3) is 0 Å². The molecule has 0 unspecified atom stereocenters. The Morgan fingerprint density at radius 3 is 2.86 bits per heavy atom. The lowest BCUT2D eigenvalue weighted by Crippen LogP contribution is -2.45. The quantitative estimate of drug-likeness (QED) is 0.808. The number of rotatable bonds is 4. The number of nitrogens with one attached hydrogen (secondary N) is 2. The van der Waals surface area contributed by atoms with Crippen molar-refractivity contribution in [2.75, 3.05) is 20.2 Å². The number of hydrogen-bond donors (Lipinski definition) is 2. The molecule has 8 heteroatoms. The van der Waals surface area contributed by atoms with Crippen LogP contribution < -0.4 is 10.0 Å². The zero-order valence-corrected chi connectivity index (χ0v) is 13.1. The van der Waals surface area contributed by atoms with Crippen LogP contribution in [-0.4, -0.2) is 40.6 Å². The van der Waals surface area contributed by atoms with Crippen LogP contribution in [0, 0.1) is 0 Å². The van der Waals surface area contributed by atoms with E-state index >= 15 is 0 Å². The van der Waals surface area contributed by atoms with Crippen molar-refractivity contribution in [3.8, 4) is 0 Å². The summed E-state index contributed by atoms with van der Waals surface area (Å²) >= 11 is 5.96. The Labute approximate surface area is 128 Å². The summed E-state index contributed by atoms with van der Waals surface area (Å²) in [6, 6.07) is 3.85. The van der Waals surface area contributed by atoms with Gasteiger partial charge in [0, 0.05) is 12.6 Å². The smallest absolute Gasteiger partial charge is 0.337 e. The third-order valence-electron chi connectivity index (χ3n) is 3.26. The average molecular weight is 333 g/mol. The van der Waals surface area contributed by atoms with Crippen LogP contribution in [-0.2, 0) is 14.8 Å². The molecule has 0 amide bonds. The van der Waals surface area contributed by atoms with Crippen LogP contribution >= 0.6 is 11.6 Å². The molecule has 1 heterocycles. The van der Waals surface area contributed by atoms with Gasteiger partial charge in [0.1, 0.15) is 4.90 Å². The van der Waals surface area contributed by atoms with Crippen molar-refractivity contribution >= 4 is 27.6 Å². The Kier molecular flexibility index (Phi) is 5.21. The fourth-order valence-corrected chi connectivity index (χ4v) is 3.99. The number of piperidine rings is 1. The molecule has 0 saturated carbocycles. The number of halogens is 1. The molecule has 21 heavy (non-hydrogen) atoms. The maximum atomic E-state index is 12.4. The van der Waals surface area contributed by atoms with Gasteiger partial charge in [-0.25, -0.2) is 17.9 Å². The summed E-state index contributed by atoms with van der Waals surface area (Å²) in [6.07, 6.45) is 1.67. The summed E-state index contributed by atoms with van der Waals surface area (Å²) in [5.41, 5.74) is 0.143. The summed E-state index contributed by atoms with van der Waals surface area (Å²) in [5, 5.41) is 3.20. The summed E-state index contributed by atoms with van der Waals surface area (Å²) in [5.74, 6) is -0.609. The second kappa shape index (κ2) is 6.74. The summed E-state index contributed by atoms with van der Waals surface area (Å²) in [4.78, 5) is 11.4. The van der Waals surface area contributed by atoms with Gasteiger partial charge in [-0.05, 0) is 37.6 Å². The van der Waals surface area contributed by atoms with Crippen LogP contribution in [0.2, 0.25) is 5.02 Å². The van der Waals surface area contributed by atoms with E-state index in [4.69, 9.17) is 11.6 Å². The Hall–Kier alpha value is -1.15. The maximum Gasteiger partial charge on any atom is 0.337 e. The molecular weight excluding hydrogens is 316 g/mol. The van der Waals surface area contributed by atoms with Crippen LogP contribution in [0.5, 0.6) is 0 Å². The van der Waals surface area contributed by atoms with Crippen molar-refractivity contribution in [1.29, 1.82) is 0 Å². The zero-order valence-electron chi connectivity index (χ0n) is 11.6. The van der Waals surface area contributed by atoms with E-state index in [1.807, 2.05) is 0 Å². The van der Waals surface area contributed by atoms with Gasteiger partial charge in [-0.15, -0.1) is 0 Å². The standard InChI is InChI=1S/C13H17ClN2O4S/c1-20-13(17)9-4-5-11(14)12(7-9)21(18,19)16-10-3-2-6-15-8-10/h4-5,7,10,15-16H,2-3,6,8H2,1H3/t10-/m1/s1. The van der Waals surface area contributed by atoms with Gasteiger partial charge in [-0.2, -0.15) is 0 Å². The number of ether oxygens (including phenoxy) is 1. The number of sulfonamides is 1. The van der Waals surface area contributed by atoms with E-state index in [1.165, 1.54) is 25.3 Å². The molecule has 116 valence electrons. The minimum Gasteiger partial charge on any atom is -0.465 e. The molecule has 2 rings (SSSR count). The SMILES string of the molecule is COC(=O)c1ccc(Cl)c(S(=O)(=O)N[C@@H]2CCCNC2)c1. The van der Waals surface area contributed by atoms with Gasteiger partial charge in [0.15, 0.2) is 0 Å². The van der Waals surface area contributed by atoms with Crippen LogP contribution in [0.1, 0.15) is 23.2 Å². The van der Waals surface area contributed by atoms with Crippen molar-refractivity contribution in [2.24, 2.45) is 0 Å². The third kappa shape index (κ3) is 3.94. The van der Waals surface area contributed by atoms with E-state index in [-0.39, 0.29) is 21.5 Å². The second-order valence-corrected chi connectivity index (χ2v) is 6.89. The number of carbonyl (C=O) groups is 1. The highest BCUT2D eigenvalue weighted by molar-refractivity contribution is 7.89. The highest BCUT2D eigenvalue weighted by atomic mass is 35.5. The predicted octanol–water partition coefficient (Wildman–Crippen LogP) is 1.16. The summed E-state index contributed by atoms with van der Waals surface area (Å²) < 4.78 is 32.0. The minimum atomic E-state index is -3.78. The molecule has 0 aliphatic carbocycles. The highest BCUT2D eigenvalue weighted by Crippen LogP contribution is 2.23. The topological polar surface area (TPSA) is 84.5 Å². The predicted molar refractivity (Wildman–Crippen MR) is 79.0 cm³/mol. The lowest BCUT2D eigenvalue weighted by atomic mass is 10.1. The van der Waals surface area contributed by atoms with E-state index in [0.29, 0.717) is 6.54 Å². The number of hydrogen-bond acceptors (Lipinski definition) is 5. The largest absolute Gasteiger partial charge is 0.465 e. The fraction of sp³-hybridized carbons (Fsp3) is 0.462. The number of methoxy groups -OCH3 is 1. The zero-order chi connectivity index (χ0) is 15.5. The molecule has 1 aromatic rings. The summed E-state index contributed by atoms with van der Waals surface area (Å²) in [7, 11) is -2.55. The van der Waals surface area contributed by atoms with E-state index < -0.39 is 16.0 Å². The lowest BCUT2D eigenvalue weighted by molar-refractivity contribution is 0.0600. The van der Waals surface area contributed by atoms with E-state index in [9.17, 15) is 13.2 Å². The molecule has 0 radical (unpaired) electrons. The van der Waals surface area contributed by atoms with Crippen molar-refractivity contribution in [3.63, 3.8) is 0 Å². The van der Waals surface area contributed by atoms with Crippen molar-refractivity contribution in [1.82, 2.24) is 10.0 Å². The van der Waals surface area contributed by atoms with Crippen LogP contribution in [0.3, 0.4) is 0 Å². The van der Waals surface area contributed by atoms with Gasteiger partial charge in [-0.1, -0.05) is 11.6 Å². The molecule has 2 N–H and O–H groups in total. The average Bonchev–Trinajstić information content (AvgIpc) is 2.47. The first-order valence-corrected chi connectivity index (χ1v) is 8.41. The molecule has 6 nitrogen and oxygen atoms in total. The maximum absolute atomic E-state index is 12.4.